The number of hydrogen-bond acceptors (Lipinski definition) is 8. The number of pyridine rings is 1. The molecule has 1 aliphatic carbocycles. The van der Waals surface area contributed by atoms with Gasteiger partial charge in [-0.25, -0.2) is 29.8 Å². The van der Waals surface area contributed by atoms with E-state index in [1.54, 1.807) is 33.9 Å². The van der Waals surface area contributed by atoms with Crippen LogP contribution in [0.15, 0.2) is 66.7 Å². The summed E-state index contributed by atoms with van der Waals surface area (Å²) in [6.07, 6.45) is 4.49. The number of nitrogens with zero attached hydrogens (tertiary/aromatic N) is 3. The quantitative estimate of drug-likeness (QED) is 0.293. The first-order valence-corrected chi connectivity index (χ1v) is 16.9. The maximum absolute atomic E-state index is 14.3. The number of nitrogens with one attached hydrogen (secondary N) is 2. The van der Waals surface area contributed by atoms with Crippen LogP contribution < -0.4 is 20.2 Å². The van der Waals surface area contributed by atoms with Crippen LogP contribution in [-0.2, 0) is 14.3 Å². The van der Waals surface area contributed by atoms with Gasteiger partial charge >= 0.3 is 18.1 Å². The van der Waals surface area contributed by atoms with Crippen molar-refractivity contribution in [3.05, 3.63) is 66.7 Å². The van der Waals surface area contributed by atoms with E-state index in [4.69, 9.17) is 19.2 Å². The molecule has 264 valence electrons. The van der Waals surface area contributed by atoms with Crippen LogP contribution in [-0.4, -0.2) is 87.5 Å². The van der Waals surface area contributed by atoms with Crippen LogP contribution in [0.25, 0.3) is 22.2 Å². The number of benzene rings is 2. The molecule has 3 heterocycles. The molecule has 1 saturated carbocycles. The third-order valence-corrected chi connectivity index (χ3v) is 9.12. The maximum atomic E-state index is 14.3. The molecular formula is C37H43N5O8. The molecule has 50 heavy (non-hydrogen) atoms. The normalized spacial score (nSPS) is 24.7. The van der Waals surface area contributed by atoms with Gasteiger partial charge in [0.2, 0.25) is 5.91 Å². The molecule has 4 amide bonds. The maximum Gasteiger partial charge on any atom is 0.426 e. The molecular weight excluding hydrogens is 642 g/mol. The van der Waals surface area contributed by atoms with Gasteiger partial charge in [0, 0.05) is 42.0 Å². The topological polar surface area (TPSA) is 160 Å². The predicted octanol–water partition coefficient (Wildman–Crippen LogP) is 5.29. The molecule has 4 atom stereocenters. The molecule has 0 spiro atoms. The Kier molecular flexibility index (Phi) is 9.59. The third-order valence-electron chi connectivity index (χ3n) is 9.12. The fourth-order valence-electron chi connectivity index (χ4n) is 6.50. The first-order chi connectivity index (χ1) is 23.9. The standard InChI is InChI=1S/C37H43N5O8/c1-36(2,3)50-34(46)40-42-17-11-6-5-10-14-24-21-37(24,33(44)45)39-32(43)30-19-26(22-41(30)35(42)47)49-31-20-28(23-12-8-7-9-13-23)38-29-18-25(48-4)15-16-27(29)31/h7-10,12-16,18,20,24,26,30H,5-6,11,17,19,21-22H2,1-4H3,(H,39,43)(H,40,46)(H,44,45)/b14-10+. The zero-order valence-electron chi connectivity index (χ0n) is 28.7. The van der Waals surface area contributed by atoms with Crippen molar-refractivity contribution in [2.24, 2.45) is 5.92 Å². The molecule has 3 aliphatic rings. The zero-order chi connectivity index (χ0) is 35.6. The van der Waals surface area contributed by atoms with Crippen molar-refractivity contribution in [1.29, 1.82) is 0 Å². The highest BCUT2D eigenvalue weighted by Gasteiger charge is 2.61. The Bertz CT molecular complexity index is 1810. The summed E-state index contributed by atoms with van der Waals surface area (Å²) in [5.41, 5.74) is 2.48. The molecule has 13 nitrogen and oxygen atoms in total. The van der Waals surface area contributed by atoms with Gasteiger partial charge in [0.15, 0.2) is 0 Å². The van der Waals surface area contributed by atoms with Gasteiger partial charge in [0.1, 0.15) is 34.8 Å². The summed E-state index contributed by atoms with van der Waals surface area (Å²) in [4.78, 5) is 59.7. The van der Waals surface area contributed by atoms with Crippen molar-refractivity contribution in [1.82, 2.24) is 25.6 Å². The first kappa shape index (κ1) is 34.5. The SMILES string of the molecule is COc1ccc2c(OC3CC4C(=O)NC5(C(=O)O)CC5/C=C/CCCCN(NC(=O)OC(C)(C)C)C(=O)N4C3)cc(-c3ccccc3)nc2c1. The number of ether oxygens (including phenoxy) is 3. The molecule has 6 rings (SSSR count). The van der Waals surface area contributed by atoms with Crippen LogP contribution in [0, 0.1) is 5.92 Å². The van der Waals surface area contributed by atoms with E-state index in [9.17, 15) is 24.3 Å². The van der Waals surface area contributed by atoms with Crippen molar-refractivity contribution in [3.63, 3.8) is 0 Å². The number of urea groups is 1. The Balaban J connectivity index is 1.34. The van der Waals surface area contributed by atoms with Crippen LogP contribution >= 0.6 is 0 Å². The largest absolute Gasteiger partial charge is 0.497 e. The average molecular weight is 686 g/mol. The lowest BCUT2D eigenvalue weighted by molar-refractivity contribution is -0.144. The Hall–Kier alpha value is -5.33. The zero-order valence-corrected chi connectivity index (χ0v) is 28.7. The van der Waals surface area contributed by atoms with E-state index in [0.29, 0.717) is 47.4 Å². The van der Waals surface area contributed by atoms with Crippen molar-refractivity contribution in [2.75, 3.05) is 20.2 Å². The summed E-state index contributed by atoms with van der Waals surface area (Å²) in [6.45, 7) is 5.32. The van der Waals surface area contributed by atoms with E-state index >= 15 is 0 Å². The van der Waals surface area contributed by atoms with Gasteiger partial charge in [-0.1, -0.05) is 42.5 Å². The number of carboxylic acids is 1. The highest BCUT2D eigenvalue weighted by Crippen LogP contribution is 2.45. The van der Waals surface area contributed by atoms with Crippen LogP contribution in [0.2, 0.25) is 0 Å². The number of aromatic nitrogens is 1. The highest BCUT2D eigenvalue weighted by molar-refractivity contribution is 5.95. The molecule has 2 fully saturated rings. The number of carbonyl (C=O) groups is 4. The molecule has 1 saturated heterocycles. The molecule has 4 unspecified atom stereocenters. The van der Waals surface area contributed by atoms with Gasteiger partial charge < -0.3 is 29.5 Å². The second kappa shape index (κ2) is 13.9. The Morgan fingerprint density at radius 3 is 2.58 bits per heavy atom. The lowest BCUT2D eigenvalue weighted by Crippen LogP contribution is -2.58. The van der Waals surface area contributed by atoms with Gasteiger partial charge in [-0.3, -0.25) is 4.79 Å². The predicted molar refractivity (Wildman–Crippen MR) is 184 cm³/mol. The molecule has 1 aromatic heterocycles. The van der Waals surface area contributed by atoms with Crippen molar-refractivity contribution in [3.8, 4) is 22.8 Å². The number of rotatable bonds is 6. The highest BCUT2D eigenvalue weighted by atomic mass is 16.6. The van der Waals surface area contributed by atoms with E-state index in [-0.39, 0.29) is 31.8 Å². The summed E-state index contributed by atoms with van der Waals surface area (Å²) in [5.74, 6) is -0.967. The number of hydrogen-bond donors (Lipinski definition) is 3. The number of carboxylic acid groups (broad SMARTS) is 1. The summed E-state index contributed by atoms with van der Waals surface area (Å²) >= 11 is 0. The molecule has 13 heteroatoms. The fraction of sp³-hybridized carbons (Fsp3) is 0.432. The van der Waals surface area contributed by atoms with Gasteiger partial charge in [0.25, 0.3) is 0 Å². The first-order valence-electron chi connectivity index (χ1n) is 16.9. The Morgan fingerprint density at radius 1 is 1.08 bits per heavy atom. The van der Waals surface area contributed by atoms with E-state index in [2.05, 4.69) is 10.7 Å². The number of amides is 4. The second-order valence-corrected chi connectivity index (χ2v) is 13.9. The average Bonchev–Trinajstić information content (AvgIpc) is 3.61. The molecule has 3 N–H and O–H groups in total. The van der Waals surface area contributed by atoms with Gasteiger partial charge in [-0.15, -0.1) is 0 Å². The van der Waals surface area contributed by atoms with Crippen LogP contribution in [0.1, 0.15) is 52.9 Å². The van der Waals surface area contributed by atoms with Crippen molar-refractivity contribution < 1.29 is 38.5 Å². The Morgan fingerprint density at radius 2 is 1.86 bits per heavy atom. The van der Waals surface area contributed by atoms with Gasteiger partial charge in [-0.2, -0.15) is 0 Å². The van der Waals surface area contributed by atoms with E-state index in [1.165, 1.54) is 9.91 Å². The van der Waals surface area contributed by atoms with E-state index in [1.807, 2.05) is 60.7 Å². The fourth-order valence-corrected chi connectivity index (χ4v) is 6.50. The van der Waals surface area contributed by atoms with Crippen LogP contribution in [0.5, 0.6) is 11.5 Å². The number of methoxy groups -OCH3 is 1. The molecule has 2 aliphatic heterocycles. The van der Waals surface area contributed by atoms with Crippen LogP contribution in [0.3, 0.4) is 0 Å². The molecule has 2 aromatic carbocycles. The smallest absolute Gasteiger partial charge is 0.426 e. The van der Waals surface area contributed by atoms with E-state index in [0.717, 1.165) is 5.56 Å². The molecule has 0 radical (unpaired) electrons. The number of fused-ring (bicyclic) bond motifs is 3. The second-order valence-electron chi connectivity index (χ2n) is 13.9. The number of hydrazine groups is 1. The minimum atomic E-state index is -1.45. The van der Waals surface area contributed by atoms with Crippen LogP contribution in [0.4, 0.5) is 9.59 Å². The number of carbonyl (C=O) groups excluding carboxylic acids is 3. The Labute approximate surface area is 290 Å². The minimum absolute atomic E-state index is 0.00649. The van der Waals surface area contributed by atoms with Crippen molar-refractivity contribution in [2.45, 2.75) is 76.2 Å². The third kappa shape index (κ3) is 7.46. The van der Waals surface area contributed by atoms with E-state index < -0.39 is 47.3 Å². The molecule has 0 bridgehead atoms. The summed E-state index contributed by atoms with van der Waals surface area (Å²) in [7, 11) is 1.58. The molecule has 3 aromatic rings. The number of allylic oxidation sites excluding steroid dienone is 1. The monoisotopic (exact) mass is 685 g/mol. The lowest BCUT2D eigenvalue weighted by Gasteiger charge is -2.32. The minimum Gasteiger partial charge on any atom is -0.497 e. The summed E-state index contributed by atoms with van der Waals surface area (Å²) in [6, 6.07) is 15.2. The number of aliphatic carboxylic acids is 1. The van der Waals surface area contributed by atoms with Crippen molar-refractivity contribution >= 4 is 34.9 Å². The lowest BCUT2D eigenvalue weighted by atomic mass is 10.1. The van der Waals surface area contributed by atoms with Gasteiger partial charge in [-0.05, 0) is 58.6 Å². The summed E-state index contributed by atoms with van der Waals surface area (Å²) in [5, 5.41) is 14.8. The van der Waals surface area contributed by atoms with Gasteiger partial charge in [0.05, 0.1) is 24.9 Å². The summed E-state index contributed by atoms with van der Waals surface area (Å²) < 4.78 is 17.5.